The van der Waals surface area contributed by atoms with Crippen molar-refractivity contribution in [3.05, 3.63) is 33.1 Å². The SMILES string of the molecule is [B]c1cc2c(=O)cc(C(=O)OCC)[nH]c2c([B])c1Cl. The molecule has 0 aliphatic carbocycles. The van der Waals surface area contributed by atoms with Crippen LogP contribution in [-0.2, 0) is 4.74 Å². The molecule has 0 aliphatic heterocycles. The lowest BCUT2D eigenvalue weighted by molar-refractivity contribution is 0.0520. The van der Waals surface area contributed by atoms with Gasteiger partial charge in [-0.2, -0.15) is 0 Å². The lowest BCUT2D eigenvalue weighted by Crippen LogP contribution is -2.23. The van der Waals surface area contributed by atoms with Crippen LogP contribution in [0.15, 0.2) is 16.9 Å². The average molecular weight is 271 g/mol. The molecule has 19 heavy (non-hydrogen) atoms. The third-order valence-electron chi connectivity index (χ3n) is 2.62. The van der Waals surface area contributed by atoms with Gasteiger partial charge >= 0.3 is 5.97 Å². The third kappa shape index (κ3) is 2.40. The fourth-order valence-corrected chi connectivity index (χ4v) is 1.88. The molecule has 2 rings (SSSR count). The van der Waals surface area contributed by atoms with Crippen LogP contribution in [0.1, 0.15) is 17.4 Å². The Morgan fingerprint density at radius 3 is 2.74 bits per heavy atom. The molecule has 0 aliphatic rings. The molecule has 0 saturated heterocycles. The molecular weight excluding hydrogens is 263 g/mol. The Bertz CT molecular complexity index is 727. The van der Waals surface area contributed by atoms with E-state index in [1.165, 1.54) is 6.07 Å². The molecule has 0 unspecified atom stereocenters. The van der Waals surface area contributed by atoms with Crippen LogP contribution in [0.25, 0.3) is 10.9 Å². The van der Waals surface area contributed by atoms with Crippen molar-refractivity contribution in [2.24, 2.45) is 0 Å². The van der Waals surface area contributed by atoms with E-state index in [1.807, 2.05) is 0 Å². The van der Waals surface area contributed by atoms with Crippen LogP contribution in [0, 0.1) is 0 Å². The smallest absolute Gasteiger partial charge is 0.354 e. The third-order valence-corrected chi connectivity index (χ3v) is 3.05. The molecular formula is C12H8B2ClNO3. The van der Waals surface area contributed by atoms with E-state index in [4.69, 9.17) is 32.0 Å². The molecule has 1 aromatic heterocycles. The predicted molar refractivity (Wildman–Crippen MR) is 76.3 cm³/mol. The highest BCUT2D eigenvalue weighted by Crippen LogP contribution is 2.10. The molecule has 92 valence electrons. The number of ether oxygens (including phenoxy) is 1. The van der Waals surface area contributed by atoms with Crippen molar-refractivity contribution < 1.29 is 9.53 Å². The van der Waals surface area contributed by atoms with E-state index in [0.717, 1.165) is 6.07 Å². The number of carbonyl (C=O) groups excluding carboxylic acids is 1. The van der Waals surface area contributed by atoms with Crippen LogP contribution in [0.4, 0.5) is 0 Å². The lowest BCUT2D eigenvalue weighted by atomic mass is 9.84. The average Bonchev–Trinajstić information content (AvgIpc) is 2.37. The highest BCUT2D eigenvalue weighted by molar-refractivity contribution is 6.55. The fraction of sp³-hybridized carbons (Fsp3) is 0.167. The van der Waals surface area contributed by atoms with Gasteiger partial charge in [0.2, 0.25) is 0 Å². The van der Waals surface area contributed by atoms with Gasteiger partial charge in [-0.25, -0.2) is 4.79 Å². The predicted octanol–water partition coefficient (Wildman–Crippen LogP) is -0.0542. The quantitative estimate of drug-likeness (QED) is 0.615. The number of carbonyl (C=O) groups is 1. The first-order chi connectivity index (χ1) is 8.95. The largest absolute Gasteiger partial charge is 0.461 e. The van der Waals surface area contributed by atoms with E-state index in [-0.39, 0.29) is 44.6 Å². The molecule has 4 radical (unpaired) electrons. The molecule has 0 saturated carbocycles. The monoisotopic (exact) mass is 271 g/mol. The van der Waals surface area contributed by atoms with Crippen molar-refractivity contribution >= 4 is 55.1 Å². The van der Waals surface area contributed by atoms with Gasteiger partial charge in [-0.3, -0.25) is 4.79 Å². The van der Waals surface area contributed by atoms with Crippen LogP contribution in [0.2, 0.25) is 5.02 Å². The van der Waals surface area contributed by atoms with Crippen LogP contribution >= 0.6 is 11.6 Å². The number of hydrogen-bond donors (Lipinski definition) is 1. The van der Waals surface area contributed by atoms with Gasteiger partial charge in [-0.15, -0.1) is 0 Å². The molecule has 0 atom stereocenters. The molecule has 2 aromatic rings. The zero-order valence-corrected chi connectivity index (χ0v) is 10.9. The maximum absolute atomic E-state index is 11.9. The summed E-state index contributed by atoms with van der Waals surface area (Å²) in [7, 11) is 11.4. The molecule has 7 heteroatoms. The molecule has 0 fully saturated rings. The first-order valence-electron chi connectivity index (χ1n) is 5.53. The van der Waals surface area contributed by atoms with E-state index in [1.54, 1.807) is 6.92 Å². The summed E-state index contributed by atoms with van der Waals surface area (Å²) < 4.78 is 4.82. The van der Waals surface area contributed by atoms with Gasteiger partial charge in [0, 0.05) is 22.0 Å². The van der Waals surface area contributed by atoms with E-state index >= 15 is 0 Å². The maximum Gasteiger partial charge on any atom is 0.354 e. The lowest BCUT2D eigenvalue weighted by Gasteiger charge is -2.10. The van der Waals surface area contributed by atoms with Gasteiger partial charge in [-0.05, 0) is 6.92 Å². The minimum absolute atomic E-state index is 0.0203. The molecule has 4 nitrogen and oxygen atoms in total. The normalized spacial score (nSPS) is 10.6. The van der Waals surface area contributed by atoms with Gasteiger partial charge < -0.3 is 9.72 Å². The maximum atomic E-state index is 11.9. The van der Waals surface area contributed by atoms with Crippen molar-refractivity contribution in [2.75, 3.05) is 6.61 Å². The van der Waals surface area contributed by atoms with Gasteiger partial charge in [0.1, 0.15) is 21.4 Å². The van der Waals surface area contributed by atoms with Crippen molar-refractivity contribution in [2.45, 2.75) is 6.92 Å². The first-order valence-corrected chi connectivity index (χ1v) is 5.91. The topological polar surface area (TPSA) is 59.2 Å². The minimum atomic E-state index is -0.631. The molecule has 1 aromatic carbocycles. The highest BCUT2D eigenvalue weighted by Gasteiger charge is 2.13. The standard InChI is InChI=1S/C12H8B2ClNO3/c1-2-19-12(18)7-4-8(17)5-3-6(13)10(15)9(14)11(5)16-7/h3-4H,2H2,1H3,(H,16,17). The van der Waals surface area contributed by atoms with Gasteiger partial charge in [-0.1, -0.05) is 28.6 Å². The number of aromatic nitrogens is 1. The van der Waals surface area contributed by atoms with Crippen LogP contribution in [0.3, 0.4) is 0 Å². The Labute approximate surface area is 116 Å². The Morgan fingerprint density at radius 2 is 2.11 bits per heavy atom. The number of pyridine rings is 1. The summed E-state index contributed by atoms with van der Waals surface area (Å²) in [5.74, 6) is -0.631. The zero-order valence-electron chi connectivity index (χ0n) is 10.1. The second-order valence-corrected chi connectivity index (χ2v) is 4.26. The first kappa shape index (κ1) is 13.7. The zero-order chi connectivity index (χ0) is 14.2. The Morgan fingerprint density at radius 1 is 1.42 bits per heavy atom. The minimum Gasteiger partial charge on any atom is -0.461 e. The number of H-pyrrole nitrogens is 1. The summed E-state index contributed by atoms with van der Waals surface area (Å²) in [6.45, 7) is 1.87. The van der Waals surface area contributed by atoms with Gasteiger partial charge in [0.15, 0.2) is 5.43 Å². The van der Waals surface area contributed by atoms with Crippen LogP contribution in [-0.4, -0.2) is 33.3 Å². The second kappa shape index (κ2) is 5.13. The molecule has 0 spiro atoms. The molecule has 1 heterocycles. The molecule has 0 amide bonds. The van der Waals surface area contributed by atoms with Crippen molar-refractivity contribution in [1.82, 2.24) is 4.98 Å². The number of hydrogen-bond acceptors (Lipinski definition) is 3. The van der Waals surface area contributed by atoms with E-state index in [2.05, 4.69) is 4.98 Å². The highest BCUT2D eigenvalue weighted by atomic mass is 35.5. The number of aromatic amines is 1. The summed E-state index contributed by atoms with van der Waals surface area (Å²) >= 11 is 5.91. The van der Waals surface area contributed by atoms with Gasteiger partial charge in [0.25, 0.3) is 0 Å². The van der Waals surface area contributed by atoms with E-state index in [0.29, 0.717) is 0 Å². The van der Waals surface area contributed by atoms with Gasteiger partial charge in [0.05, 0.1) is 6.61 Å². The van der Waals surface area contributed by atoms with Crippen LogP contribution in [0.5, 0.6) is 0 Å². The Kier molecular flexibility index (Phi) is 3.71. The number of nitrogens with one attached hydrogen (secondary N) is 1. The van der Waals surface area contributed by atoms with Crippen LogP contribution < -0.4 is 16.4 Å². The summed E-state index contributed by atoms with van der Waals surface area (Å²) in [5, 5.41) is 0.414. The van der Waals surface area contributed by atoms with Crippen molar-refractivity contribution in [3.63, 3.8) is 0 Å². The number of benzene rings is 1. The summed E-state index contributed by atoms with van der Waals surface area (Å²) in [6.07, 6.45) is 0. The summed E-state index contributed by atoms with van der Waals surface area (Å²) in [5.41, 5.74) is 0.245. The van der Waals surface area contributed by atoms with Crippen molar-refractivity contribution in [3.8, 4) is 0 Å². The second-order valence-electron chi connectivity index (χ2n) is 3.88. The fourth-order valence-electron chi connectivity index (χ4n) is 1.73. The summed E-state index contributed by atoms with van der Waals surface area (Å²) in [6, 6.07) is 2.56. The molecule has 0 bridgehead atoms. The number of rotatable bonds is 2. The number of fused-ring (bicyclic) bond motifs is 1. The van der Waals surface area contributed by atoms with E-state index < -0.39 is 5.97 Å². The number of esters is 1. The number of halogens is 1. The Hall–Kier alpha value is -1.68. The van der Waals surface area contributed by atoms with Crippen molar-refractivity contribution in [1.29, 1.82) is 0 Å². The Balaban J connectivity index is 2.76. The van der Waals surface area contributed by atoms with E-state index in [9.17, 15) is 9.59 Å². The molecule has 1 N–H and O–H groups in total. The summed E-state index contributed by atoms with van der Waals surface area (Å²) in [4.78, 5) is 26.3.